The Bertz CT molecular complexity index is 1270. The minimum atomic E-state index is -1.22. The second-order valence-corrected chi connectivity index (χ2v) is 9.07. The molecule has 164 valence electrons. The van der Waals surface area contributed by atoms with E-state index in [4.69, 9.17) is 4.74 Å². The van der Waals surface area contributed by atoms with Crippen LogP contribution in [-0.2, 0) is 15.7 Å². The smallest absolute Gasteiger partial charge is 0.229 e. The number of fused-ring (bicyclic) bond motifs is 1. The molecule has 3 heterocycles. The molecule has 1 aliphatic heterocycles. The van der Waals surface area contributed by atoms with Crippen LogP contribution < -0.4 is 10.6 Å². The molecule has 9 heteroatoms. The number of morpholine rings is 1. The number of rotatable bonds is 6. The molecule has 2 aromatic heterocycles. The van der Waals surface area contributed by atoms with Crippen LogP contribution >= 0.6 is 0 Å². The first-order chi connectivity index (χ1) is 15.6. The Morgan fingerprint density at radius 1 is 1.03 bits per heavy atom. The van der Waals surface area contributed by atoms with Gasteiger partial charge in [-0.3, -0.25) is 0 Å². The van der Waals surface area contributed by atoms with E-state index >= 15 is 0 Å². The summed E-state index contributed by atoms with van der Waals surface area (Å²) in [7, 11) is -1.22. The van der Waals surface area contributed by atoms with Crippen molar-refractivity contribution in [1.29, 1.82) is 0 Å². The van der Waals surface area contributed by atoms with Crippen molar-refractivity contribution in [2.75, 3.05) is 36.9 Å². The Hall–Kier alpha value is -3.27. The van der Waals surface area contributed by atoms with Crippen LogP contribution in [-0.4, -0.2) is 49.8 Å². The predicted octanol–water partition coefficient (Wildman–Crippen LogP) is 4.11. The zero-order valence-electron chi connectivity index (χ0n) is 17.7. The summed E-state index contributed by atoms with van der Waals surface area (Å²) in [6.45, 7) is 4.58. The summed E-state index contributed by atoms with van der Waals surface area (Å²) >= 11 is 0. The number of nitrogens with zero attached hydrogens (tertiary/aromatic N) is 3. The lowest BCUT2D eigenvalue weighted by Crippen LogP contribution is -2.37. The minimum Gasteiger partial charge on any atom is -0.379 e. The van der Waals surface area contributed by atoms with Gasteiger partial charge in [-0.15, -0.1) is 0 Å². The predicted molar refractivity (Wildman–Crippen MR) is 127 cm³/mol. The minimum absolute atomic E-state index is 0.461. The molecule has 8 nitrogen and oxygen atoms in total. The SMILES string of the molecule is Cc1cc2cc(Nc3ccnc(Nc4cccc(S(=O)N5CCOCC5)c4)n3)ccc2[nH]1. The van der Waals surface area contributed by atoms with Gasteiger partial charge in [-0.1, -0.05) is 6.07 Å². The van der Waals surface area contributed by atoms with Gasteiger partial charge >= 0.3 is 0 Å². The average molecular weight is 449 g/mol. The number of anilines is 4. The van der Waals surface area contributed by atoms with Crippen LogP contribution in [0, 0.1) is 6.92 Å². The van der Waals surface area contributed by atoms with Gasteiger partial charge in [-0.2, -0.15) is 4.98 Å². The van der Waals surface area contributed by atoms with Gasteiger partial charge in [0.25, 0.3) is 0 Å². The zero-order chi connectivity index (χ0) is 21.9. The first-order valence-corrected chi connectivity index (χ1v) is 11.6. The number of nitrogens with one attached hydrogen (secondary N) is 3. The van der Waals surface area contributed by atoms with Crippen LogP contribution in [0.2, 0.25) is 0 Å². The normalized spacial score (nSPS) is 15.5. The van der Waals surface area contributed by atoms with Gasteiger partial charge in [0, 0.05) is 47.3 Å². The van der Waals surface area contributed by atoms with E-state index in [1.54, 1.807) is 6.20 Å². The second-order valence-electron chi connectivity index (χ2n) is 7.59. The van der Waals surface area contributed by atoms with Crippen molar-refractivity contribution in [2.24, 2.45) is 0 Å². The molecule has 0 amide bonds. The molecule has 1 aliphatic rings. The van der Waals surface area contributed by atoms with E-state index in [0.717, 1.165) is 32.9 Å². The molecule has 5 rings (SSSR count). The molecule has 0 bridgehead atoms. The summed E-state index contributed by atoms with van der Waals surface area (Å²) in [4.78, 5) is 13.0. The van der Waals surface area contributed by atoms with Crippen molar-refractivity contribution in [3.8, 4) is 0 Å². The van der Waals surface area contributed by atoms with E-state index in [0.29, 0.717) is 38.1 Å². The molecule has 1 unspecified atom stereocenters. The summed E-state index contributed by atoms with van der Waals surface area (Å²) in [5.74, 6) is 1.14. The molecule has 0 radical (unpaired) electrons. The average Bonchev–Trinajstić information content (AvgIpc) is 3.19. The van der Waals surface area contributed by atoms with Crippen LogP contribution in [0.15, 0.2) is 65.7 Å². The molecule has 32 heavy (non-hydrogen) atoms. The molecule has 3 N–H and O–H groups in total. The number of benzene rings is 2. The van der Waals surface area contributed by atoms with Crippen LogP contribution in [0.5, 0.6) is 0 Å². The van der Waals surface area contributed by atoms with Crippen LogP contribution in [0.3, 0.4) is 0 Å². The number of aryl methyl sites for hydroxylation is 1. The summed E-state index contributed by atoms with van der Waals surface area (Å²) in [6.07, 6.45) is 1.70. The molecule has 1 atom stereocenters. The molecule has 1 fully saturated rings. The maximum Gasteiger partial charge on any atom is 0.229 e. The Morgan fingerprint density at radius 2 is 1.88 bits per heavy atom. The summed E-state index contributed by atoms with van der Waals surface area (Å²) in [6, 6.07) is 17.6. The Morgan fingerprint density at radius 3 is 2.75 bits per heavy atom. The number of hydrogen-bond donors (Lipinski definition) is 3. The van der Waals surface area contributed by atoms with Gasteiger partial charge in [0.2, 0.25) is 5.95 Å². The Kier molecular flexibility index (Phi) is 5.85. The summed E-state index contributed by atoms with van der Waals surface area (Å²) in [5.41, 5.74) is 3.96. The van der Waals surface area contributed by atoms with E-state index in [2.05, 4.69) is 37.7 Å². The van der Waals surface area contributed by atoms with Crippen LogP contribution in [0.25, 0.3) is 10.9 Å². The van der Waals surface area contributed by atoms with Gasteiger partial charge in [-0.25, -0.2) is 13.5 Å². The van der Waals surface area contributed by atoms with Crippen molar-refractivity contribution < 1.29 is 8.95 Å². The Labute approximate surface area is 188 Å². The van der Waals surface area contributed by atoms with Gasteiger partial charge < -0.3 is 20.4 Å². The van der Waals surface area contributed by atoms with E-state index in [1.165, 1.54) is 0 Å². The summed E-state index contributed by atoms with van der Waals surface area (Å²) in [5, 5.41) is 7.69. The molecule has 0 spiro atoms. The number of aromatic nitrogens is 3. The fraction of sp³-hybridized carbons (Fsp3) is 0.217. The third-order valence-electron chi connectivity index (χ3n) is 5.18. The first kappa shape index (κ1) is 20.6. The highest BCUT2D eigenvalue weighted by atomic mass is 32.2. The molecular formula is C23H24N6O2S. The summed E-state index contributed by atoms with van der Waals surface area (Å²) < 4.78 is 20.1. The van der Waals surface area contributed by atoms with Gasteiger partial charge in [0.15, 0.2) is 0 Å². The maximum atomic E-state index is 12.9. The van der Waals surface area contributed by atoms with Gasteiger partial charge in [0.1, 0.15) is 16.8 Å². The molecule has 2 aromatic carbocycles. The van der Waals surface area contributed by atoms with Gasteiger partial charge in [-0.05, 0) is 55.5 Å². The van der Waals surface area contributed by atoms with Crippen LogP contribution in [0.1, 0.15) is 5.69 Å². The monoisotopic (exact) mass is 448 g/mol. The molecule has 1 saturated heterocycles. The van der Waals surface area contributed by atoms with Crippen molar-refractivity contribution in [3.05, 3.63) is 66.5 Å². The quantitative estimate of drug-likeness (QED) is 0.411. The van der Waals surface area contributed by atoms with E-state index in [1.807, 2.05) is 53.7 Å². The third-order valence-corrected chi connectivity index (χ3v) is 6.67. The lowest BCUT2D eigenvalue weighted by molar-refractivity contribution is 0.0752. The van der Waals surface area contributed by atoms with Crippen LogP contribution in [0.4, 0.5) is 23.1 Å². The standard InChI is InChI=1S/C23H24N6O2S/c1-16-13-17-14-19(5-6-21(17)25-16)26-22-7-8-24-23(28-22)27-18-3-2-4-20(15-18)32(30)29-9-11-31-12-10-29/h2-8,13-15,25H,9-12H2,1H3,(H2,24,26,27,28). The third kappa shape index (κ3) is 4.64. The maximum absolute atomic E-state index is 12.9. The highest BCUT2D eigenvalue weighted by Crippen LogP contribution is 2.24. The fourth-order valence-corrected chi connectivity index (χ4v) is 4.87. The van der Waals surface area contributed by atoms with E-state index in [9.17, 15) is 4.21 Å². The largest absolute Gasteiger partial charge is 0.379 e. The lowest BCUT2D eigenvalue weighted by Gasteiger charge is -2.25. The lowest BCUT2D eigenvalue weighted by atomic mass is 10.2. The van der Waals surface area contributed by atoms with Crippen molar-refractivity contribution in [1.82, 2.24) is 19.3 Å². The topological polar surface area (TPSA) is 95.2 Å². The Balaban J connectivity index is 1.30. The van der Waals surface area contributed by atoms with E-state index in [-0.39, 0.29) is 0 Å². The highest BCUT2D eigenvalue weighted by Gasteiger charge is 2.18. The number of hydrogen-bond acceptors (Lipinski definition) is 6. The van der Waals surface area contributed by atoms with Crippen molar-refractivity contribution >= 4 is 45.0 Å². The molecule has 0 aliphatic carbocycles. The molecule has 4 aromatic rings. The second kappa shape index (κ2) is 9.07. The van der Waals surface area contributed by atoms with Gasteiger partial charge in [0.05, 0.1) is 18.1 Å². The number of aromatic amines is 1. The highest BCUT2D eigenvalue weighted by molar-refractivity contribution is 7.82. The van der Waals surface area contributed by atoms with Crippen molar-refractivity contribution in [3.63, 3.8) is 0 Å². The zero-order valence-corrected chi connectivity index (χ0v) is 18.5. The molecular weight excluding hydrogens is 424 g/mol. The molecule has 0 saturated carbocycles. The first-order valence-electron chi connectivity index (χ1n) is 10.5. The van der Waals surface area contributed by atoms with Crippen molar-refractivity contribution in [2.45, 2.75) is 11.8 Å². The number of H-pyrrole nitrogens is 1. The van der Waals surface area contributed by atoms with E-state index < -0.39 is 11.0 Å². The fourth-order valence-electron chi connectivity index (χ4n) is 3.66. The number of ether oxygens (including phenoxy) is 1.